The highest BCUT2D eigenvalue weighted by molar-refractivity contribution is 5.75. The maximum Gasteiger partial charge on any atom is 0.349 e. The van der Waals surface area contributed by atoms with E-state index in [1.165, 1.54) is 19.2 Å². The fourth-order valence-corrected chi connectivity index (χ4v) is 2.75. The Morgan fingerprint density at radius 1 is 0.931 bits per heavy atom. The number of carbonyl (C=O) groups excluding carboxylic acids is 1. The topological polar surface area (TPSA) is 87.9 Å². The Labute approximate surface area is 167 Å². The molecule has 3 aromatic rings. The SMILES string of the molecule is COc1ccc([N+](=O)[O-])cc1OC(=O)COc1ccccc1Cc1ccccc1. The van der Waals surface area contributed by atoms with E-state index in [1.807, 2.05) is 48.5 Å². The summed E-state index contributed by atoms with van der Waals surface area (Å²) >= 11 is 0. The van der Waals surface area contributed by atoms with Crippen molar-refractivity contribution in [2.75, 3.05) is 13.7 Å². The second-order valence-corrected chi connectivity index (χ2v) is 6.13. The molecule has 148 valence electrons. The Kier molecular flexibility index (Phi) is 6.42. The van der Waals surface area contributed by atoms with Gasteiger partial charge < -0.3 is 14.2 Å². The van der Waals surface area contributed by atoms with Gasteiger partial charge in [0, 0.05) is 12.5 Å². The third-order valence-corrected chi connectivity index (χ3v) is 4.14. The highest BCUT2D eigenvalue weighted by Crippen LogP contribution is 2.31. The monoisotopic (exact) mass is 393 g/mol. The van der Waals surface area contributed by atoms with Crippen LogP contribution in [0.2, 0.25) is 0 Å². The molecule has 0 bridgehead atoms. The minimum atomic E-state index is -0.696. The Morgan fingerprint density at radius 2 is 1.66 bits per heavy atom. The molecule has 0 heterocycles. The summed E-state index contributed by atoms with van der Waals surface area (Å²) in [5.74, 6) is 0.0546. The summed E-state index contributed by atoms with van der Waals surface area (Å²) in [6.45, 7) is -0.350. The van der Waals surface area contributed by atoms with E-state index >= 15 is 0 Å². The normalized spacial score (nSPS) is 10.2. The highest BCUT2D eigenvalue weighted by Gasteiger charge is 2.16. The van der Waals surface area contributed by atoms with E-state index in [0.717, 1.165) is 17.2 Å². The first-order chi connectivity index (χ1) is 14.1. The van der Waals surface area contributed by atoms with Crippen LogP contribution in [0, 0.1) is 10.1 Å². The van der Waals surface area contributed by atoms with Gasteiger partial charge in [0.15, 0.2) is 18.1 Å². The van der Waals surface area contributed by atoms with E-state index < -0.39 is 10.9 Å². The van der Waals surface area contributed by atoms with Gasteiger partial charge in [-0.3, -0.25) is 10.1 Å². The minimum Gasteiger partial charge on any atom is -0.493 e. The van der Waals surface area contributed by atoms with Crippen molar-refractivity contribution in [2.45, 2.75) is 6.42 Å². The lowest BCUT2D eigenvalue weighted by atomic mass is 10.0. The van der Waals surface area contributed by atoms with Gasteiger partial charge >= 0.3 is 5.97 Å². The van der Waals surface area contributed by atoms with Crippen molar-refractivity contribution in [3.05, 3.63) is 94.0 Å². The molecule has 0 saturated heterocycles. The number of para-hydroxylation sites is 1. The number of benzene rings is 3. The molecule has 0 amide bonds. The second-order valence-electron chi connectivity index (χ2n) is 6.13. The average Bonchev–Trinajstić information content (AvgIpc) is 2.74. The summed E-state index contributed by atoms with van der Waals surface area (Å²) in [5.41, 5.74) is 1.84. The molecule has 0 radical (unpaired) electrons. The molecule has 0 unspecified atom stereocenters. The van der Waals surface area contributed by atoms with Gasteiger partial charge in [0.25, 0.3) is 5.69 Å². The first kappa shape index (κ1) is 19.9. The zero-order chi connectivity index (χ0) is 20.6. The zero-order valence-electron chi connectivity index (χ0n) is 15.7. The number of hydrogen-bond donors (Lipinski definition) is 0. The molecule has 0 atom stereocenters. The summed E-state index contributed by atoms with van der Waals surface area (Å²) in [7, 11) is 1.38. The molecule has 29 heavy (non-hydrogen) atoms. The van der Waals surface area contributed by atoms with Gasteiger partial charge in [-0.25, -0.2) is 4.79 Å². The van der Waals surface area contributed by atoms with Crippen molar-refractivity contribution >= 4 is 11.7 Å². The Bertz CT molecular complexity index is 1000. The largest absolute Gasteiger partial charge is 0.493 e. The smallest absolute Gasteiger partial charge is 0.349 e. The van der Waals surface area contributed by atoms with E-state index in [0.29, 0.717) is 12.2 Å². The minimum absolute atomic E-state index is 0.0344. The average molecular weight is 393 g/mol. The standard InChI is InChI=1S/C22H19NO6/c1-27-20-12-11-18(23(25)26)14-21(20)29-22(24)15-28-19-10-6-5-9-17(19)13-16-7-3-2-4-8-16/h2-12,14H,13,15H2,1H3. The maximum atomic E-state index is 12.2. The number of carbonyl (C=O) groups is 1. The fraction of sp³-hybridized carbons (Fsp3) is 0.136. The van der Waals surface area contributed by atoms with Crippen LogP contribution in [-0.2, 0) is 11.2 Å². The third-order valence-electron chi connectivity index (χ3n) is 4.14. The number of esters is 1. The number of hydrogen-bond acceptors (Lipinski definition) is 6. The van der Waals surface area contributed by atoms with Crippen molar-refractivity contribution in [3.63, 3.8) is 0 Å². The molecule has 0 aromatic heterocycles. The van der Waals surface area contributed by atoms with Crippen molar-refractivity contribution in [3.8, 4) is 17.2 Å². The van der Waals surface area contributed by atoms with E-state index in [1.54, 1.807) is 6.07 Å². The molecule has 0 saturated carbocycles. The first-order valence-electron chi connectivity index (χ1n) is 8.84. The molecule has 0 aliphatic rings. The van der Waals surface area contributed by atoms with Gasteiger partial charge in [0.2, 0.25) is 0 Å². The van der Waals surface area contributed by atoms with Gasteiger partial charge in [0.1, 0.15) is 5.75 Å². The van der Waals surface area contributed by atoms with Gasteiger partial charge in [-0.15, -0.1) is 0 Å². The predicted molar refractivity (Wildman–Crippen MR) is 106 cm³/mol. The van der Waals surface area contributed by atoms with E-state index in [9.17, 15) is 14.9 Å². The van der Waals surface area contributed by atoms with Crippen LogP contribution in [0.15, 0.2) is 72.8 Å². The second kappa shape index (κ2) is 9.36. The van der Waals surface area contributed by atoms with Crippen molar-refractivity contribution in [2.24, 2.45) is 0 Å². The molecular weight excluding hydrogens is 374 g/mol. The fourth-order valence-electron chi connectivity index (χ4n) is 2.75. The molecule has 7 heteroatoms. The zero-order valence-corrected chi connectivity index (χ0v) is 15.7. The first-order valence-corrected chi connectivity index (χ1v) is 8.84. The molecule has 7 nitrogen and oxygen atoms in total. The Balaban J connectivity index is 1.67. The number of nitro groups is 1. The van der Waals surface area contributed by atoms with E-state index in [-0.39, 0.29) is 23.8 Å². The van der Waals surface area contributed by atoms with Crippen molar-refractivity contribution in [1.82, 2.24) is 0 Å². The van der Waals surface area contributed by atoms with Crippen LogP contribution < -0.4 is 14.2 Å². The number of non-ortho nitro benzene ring substituents is 1. The van der Waals surface area contributed by atoms with Gasteiger partial charge in [-0.05, 0) is 23.3 Å². The molecular formula is C22H19NO6. The third kappa shape index (κ3) is 5.32. The highest BCUT2D eigenvalue weighted by atomic mass is 16.6. The summed E-state index contributed by atoms with van der Waals surface area (Å²) in [4.78, 5) is 22.6. The number of nitro benzene ring substituents is 1. The molecule has 0 fully saturated rings. The lowest BCUT2D eigenvalue weighted by molar-refractivity contribution is -0.384. The number of methoxy groups -OCH3 is 1. The number of rotatable bonds is 8. The summed E-state index contributed by atoms with van der Waals surface area (Å²) in [5, 5.41) is 10.9. The van der Waals surface area contributed by atoms with E-state index in [2.05, 4.69) is 0 Å². The quantitative estimate of drug-likeness (QED) is 0.247. The molecule has 3 rings (SSSR count). The lowest BCUT2D eigenvalue weighted by Crippen LogP contribution is -2.18. The lowest BCUT2D eigenvalue weighted by Gasteiger charge is -2.12. The van der Waals surface area contributed by atoms with Crippen LogP contribution in [0.1, 0.15) is 11.1 Å². The number of nitrogens with zero attached hydrogens (tertiary/aromatic N) is 1. The van der Waals surface area contributed by atoms with Gasteiger partial charge in [0.05, 0.1) is 18.1 Å². The van der Waals surface area contributed by atoms with Crippen LogP contribution in [0.3, 0.4) is 0 Å². The van der Waals surface area contributed by atoms with Crippen LogP contribution in [-0.4, -0.2) is 24.6 Å². The summed E-state index contributed by atoms with van der Waals surface area (Å²) in [6.07, 6.45) is 0.658. The molecule has 0 aliphatic carbocycles. The molecule has 0 aliphatic heterocycles. The Hall–Kier alpha value is -3.87. The summed E-state index contributed by atoms with van der Waals surface area (Å²) in [6, 6.07) is 21.1. The van der Waals surface area contributed by atoms with Crippen LogP contribution in [0.4, 0.5) is 5.69 Å². The molecule has 0 spiro atoms. The summed E-state index contributed by atoms with van der Waals surface area (Å²) < 4.78 is 15.9. The molecule has 0 N–H and O–H groups in total. The predicted octanol–water partition coefficient (Wildman–Crippen LogP) is 4.18. The van der Waals surface area contributed by atoms with Crippen LogP contribution in [0.5, 0.6) is 17.2 Å². The van der Waals surface area contributed by atoms with E-state index in [4.69, 9.17) is 14.2 Å². The Morgan fingerprint density at radius 3 is 2.38 bits per heavy atom. The molecule has 3 aromatic carbocycles. The van der Waals surface area contributed by atoms with Gasteiger partial charge in [-0.2, -0.15) is 0 Å². The van der Waals surface area contributed by atoms with Crippen LogP contribution >= 0.6 is 0 Å². The van der Waals surface area contributed by atoms with Crippen LogP contribution in [0.25, 0.3) is 0 Å². The number of ether oxygens (including phenoxy) is 3. The van der Waals surface area contributed by atoms with Gasteiger partial charge in [-0.1, -0.05) is 48.5 Å². The maximum absolute atomic E-state index is 12.2. The van der Waals surface area contributed by atoms with Crippen molar-refractivity contribution in [1.29, 1.82) is 0 Å². The van der Waals surface area contributed by atoms with Crippen molar-refractivity contribution < 1.29 is 23.9 Å².